The third-order valence-electron chi connectivity index (χ3n) is 4.60. The van der Waals surface area contributed by atoms with Gasteiger partial charge in [-0.1, -0.05) is 6.07 Å². The summed E-state index contributed by atoms with van der Waals surface area (Å²) in [4.78, 5) is 8.25. The van der Waals surface area contributed by atoms with Gasteiger partial charge in [0.2, 0.25) is 0 Å². The summed E-state index contributed by atoms with van der Waals surface area (Å²) in [7, 11) is 1.82. The van der Waals surface area contributed by atoms with E-state index in [-0.39, 0.29) is 30.0 Å². The van der Waals surface area contributed by atoms with Crippen LogP contribution in [0.25, 0.3) is 0 Å². The number of furan rings is 1. The molecule has 0 amide bonds. The lowest BCUT2D eigenvalue weighted by Crippen LogP contribution is -2.43. The first kappa shape index (κ1) is 21.2. The number of aryl methyl sites for hydroxylation is 1. The summed E-state index contributed by atoms with van der Waals surface area (Å²) in [5, 5.41) is 9.00. The molecule has 1 aliphatic heterocycles. The van der Waals surface area contributed by atoms with Crippen LogP contribution in [0.3, 0.4) is 0 Å². The first-order valence-corrected chi connectivity index (χ1v) is 9.91. The molecule has 3 heterocycles. The standard InChI is InChI=1S/C19H28N4OS.HI/c1-15-7-8-18(24-15)17(23-11-3-4-12-23)14-22-19(20-2)21-10-9-16-6-5-13-25-16;/h5-8,13,17H,3-4,9-12,14H2,1-2H3,(H2,20,21,22);1H. The smallest absolute Gasteiger partial charge is 0.191 e. The van der Waals surface area contributed by atoms with Gasteiger partial charge in [-0.2, -0.15) is 0 Å². The summed E-state index contributed by atoms with van der Waals surface area (Å²) >= 11 is 1.80. The van der Waals surface area contributed by atoms with Crippen LogP contribution in [-0.2, 0) is 6.42 Å². The van der Waals surface area contributed by atoms with E-state index in [1.165, 1.54) is 17.7 Å². The molecule has 0 spiro atoms. The number of likely N-dealkylation sites (tertiary alicyclic amines) is 1. The molecule has 0 saturated carbocycles. The van der Waals surface area contributed by atoms with E-state index in [1.54, 1.807) is 11.3 Å². The van der Waals surface area contributed by atoms with E-state index in [0.717, 1.165) is 50.1 Å². The SMILES string of the molecule is CN=C(NCCc1cccs1)NCC(c1ccc(C)o1)N1CCCC1.I. The number of hydrogen-bond donors (Lipinski definition) is 2. The van der Waals surface area contributed by atoms with Gasteiger partial charge in [0.25, 0.3) is 0 Å². The molecule has 2 aromatic heterocycles. The maximum Gasteiger partial charge on any atom is 0.191 e. The van der Waals surface area contributed by atoms with Gasteiger partial charge in [0, 0.05) is 25.0 Å². The van der Waals surface area contributed by atoms with E-state index in [1.807, 2.05) is 20.0 Å². The van der Waals surface area contributed by atoms with Crippen molar-refractivity contribution < 1.29 is 4.42 Å². The minimum atomic E-state index is 0. The Morgan fingerprint density at radius 1 is 1.27 bits per heavy atom. The van der Waals surface area contributed by atoms with E-state index in [9.17, 15) is 0 Å². The predicted octanol–water partition coefficient (Wildman–Crippen LogP) is 3.81. The maximum absolute atomic E-state index is 5.91. The van der Waals surface area contributed by atoms with Crippen LogP contribution >= 0.6 is 35.3 Å². The van der Waals surface area contributed by atoms with Crippen LogP contribution in [0.1, 0.15) is 35.3 Å². The summed E-state index contributed by atoms with van der Waals surface area (Å²) < 4.78 is 5.91. The highest BCUT2D eigenvalue weighted by Crippen LogP contribution is 2.26. The number of rotatable bonds is 7. The van der Waals surface area contributed by atoms with Gasteiger partial charge in [-0.15, -0.1) is 35.3 Å². The lowest BCUT2D eigenvalue weighted by molar-refractivity contribution is 0.213. The van der Waals surface area contributed by atoms with Crippen molar-refractivity contribution in [2.75, 3.05) is 33.2 Å². The number of aliphatic imine (C=N–C) groups is 1. The fourth-order valence-electron chi connectivity index (χ4n) is 3.27. The molecular weight excluding hydrogens is 459 g/mol. The highest BCUT2D eigenvalue weighted by molar-refractivity contribution is 14.0. The minimum Gasteiger partial charge on any atom is -0.465 e. The molecule has 1 atom stereocenters. The third kappa shape index (κ3) is 5.99. The zero-order chi connectivity index (χ0) is 17.5. The summed E-state index contributed by atoms with van der Waals surface area (Å²) in [5.41, 5.74) is 0. The molecule has 144 valence electrons. The zero-order valence-corrected chi connectivity index (χ0v) is 18.7. The van der Waals surface area contributed by atoms with Crippen LogP contribution in [0.5, 0.6) is 0 Å². The Bertz CT molecular complexity index is 665. The number of nitrogens with zero attached hydrogens (tertiary/aromatic N) is 2. The van der Waals surface area contributed by atoms with Crippen molar-refractivity contribution in [3.05, 3.63) is 46.0 Å². The predicted molar refractivity (Wildman–Crippen MR) is 120 cm³/mol. The van der Waals surface area contributed by atoms with E-state index in [4.69, 9.17) is 4.42 Å². The molecule has 3 rings (SSSR count). The Morgan fingerprint density at radius 2 is 2.08 bits per heavy atom. The van der Waals surface area contributed by atoms with Gasteiger partial charge in [-0.3, -0.25) is 9.89 Å². The topological polar surface area (TPSA) is 52.8 Å². The molecule has 0 aliphatic carbocycles. The van der Waals surface area contributed by atoms with E-state index in [2.05, 4.69) is 44.1 Å². The van der Waals surface area contributed by atoms with Crippen LogP contribution in [0, 0.1) is 6.92 Å². The fourth-order valence-corrected chi connectivity index (χ4v) is 3.98. The van der Waals surface area contributed by atoms with E-state index in [0.29, 0.717) is 0 Å². The maximum atomic E-state index is 5.91. The van der Waals surface area contributed by atoms with Gasteiger partial charge in [0.15, 0.2) is 5.96 Å². The van der Waals surface area contributed by atoms with Crippen LogP contribution in [0.15, 0.2) is 39.1 Å². The van der Waals surface area contributed by atoms with Gasteiger partial charge in [0.05, 0.1) is 6.04 Å². The quantitative estimate of drug-likeness (QED) is 0.354. The lowest BCUT2D eigenvalue weighted by atomic mass is 10.2. The third-order valence-corrected chi connectivity index (χ3v) is 5.54. The molecule has 5 nitrogen and oxygen atoms in total. The highest BCUT2D eigenvalue weighted by Gasteiger charge is 2.26. The molecule has 0 radical (unpaired) electrons. The summed E-state index contributed by atoms with van der Waals surface area (Å²) in [6, 6.07) is 8.68. The second kappa shape index (κ2) is 10.9. The van der Waals surface area contributed by atoms with Crippen molar-refractivity contribution in [1.82, 2.24) is 15.5 Å². The Hall–Kier alpha value is -1.06. The highest BCUT2D eigenvalue weighted by atomic mass is 127. The summed E-state index contributed by atoms with van der Waals surface area (Å²) in [6.07, 6.45) is 3.55. The van der Waals surface area contributed by atoms with E-state index >= 15 is 0 Å². The van der Waals surface area contributed by atoms with Crippen molar-refractivity contribution in [3.8, 4) is 0 Å². The fraction of sp³-hybridized carbons (Fsp3) is 0.526. The number of halogens is 1. The first-order chi connectivity index (χ1) is 12.3. The molecular formula is C19H29IN4OS. The Morgan fingerprint density at radius 3 is 2.69 bits per heavy atom. The van der Waals surface area contributed by atoms with Crippen LogP contribution in [0.4, 0.5) is 0 Å². The average molecular weight is 488 g/mol. The molecule has 0 bridgehead atoms. The number of nitrogens with one attached hydrogen (secondary N) is 2. The van der Waals surface area contributed by atoms with Crippen molar-refractivity contribution in [1.29, 1.82) is 0 Å². The van der Waals surface area contributed by atoms with E-state index < -0.39 is 0 Å². The van der Waals surface area contributed by atoms with Crippen LogP contribution < -0.4 is 10.6 Å². The molecule has 1 fully saturated rings. The lowest BCUT2D eigenvalue weighted by Gasteiger charge is -2.26. The number of thiophene rings is 1. The van der Waals surface area contributed by atoms with Gasteiger partial charge >= 0.3 is 0 Å². The molecule has 0 aromatic carbocycles. The molecule has 7 heteroatoms. The second-order valence-electron chi connectivity index (χ2n) is 6.42. The first-order valence-electron chi connectivity index (χ1n) is 9.03. The molecule has 1 saturated heterocycles. The number of guanidine groups is 1. The minimum absolute atomic E-state index is 0. The zero-order valence-electron chi connectivity index (χ0n) is 15.5. The Kier molecular flexibility index (Phi) is 8.94. The molecule has 1 aliphatic rings. The average Bonchev–Trinajstić information content (AvgIpc) is 3.36. The van der Waals surface area contributed by atoms with Gasteiger partial charge < -0.3 is 15.1 Å². The van der Waals surface area contributed by atoms with Gasteiger partial charge in [0.1, 0.15) is 11.5 Å². The normalized spacial score (nSPS) is 16.3. The second-order valence-corrected chi connectivity index (χ2v) is 7.45. The largest absolute Gasteiger partial charge is 0.465 e. The monoisotopic (exact) mass is 488 g/mol. The van der Waals surface area contributed by atoms with Gasteiger partial charge in [-0.05, 0) is 62.9 Å². The Labute approximate surface area is 177 Å². The number of hydrogen-bond acceptors (Lipinski definition) is 4. The summed E-state index contributed by atoms with van der Waals surface area (Å²) in [5.74, 6) is 2.86. The van der Waals surface area contributed by atoms with Gasteiger partial charge in [-0.25, -0.2) is 0 Å². The summed E-state index contributed by atoms with van der Waals surface area (Å²) in [6.45, 7) is 5.95. The van der Waals surface area contributed by atoms with Crippen LogP contribution in [0.2, 0.25) is 0 Å². The van der Waals surface area contributed by atoms with Crippen molar-refractivity contribution in [3.63, 3.8) is 0 Å². The van der Waals surface area contributed by atoms with Crippen molar-refractivity contribution in [2.24, 2.45) is 4.99 Å². The molecule has 2 aromatic rings. The molecule has 1 unspecified atom stereocenters. The Balaban J connectivity index is 0.00000243. The van der Waals surface area contributed by atoms with Crippen LogP contribution in [-0.4, -0.2) is 44.1 Å². The van der Waals surface area contributed by atoms with Crippen molar-refractivity contribution >= 4 is 41.3 Å². The van der Waals surface area contributed by atoms with Crippen molar-refractivity contribution in [2.45, 2.75) is 32.2 Å². The molecule has 2 N–H and O–H groups in total. The molecule has 26 heavy (non-hydrogen) atoms.